The fourth-order valence-corrected chi connectivity index (χ4v) is 1.92. The number of hydrogen-bond donors (Lipinski definition) is 2. The number of hydrogen-bond acceptors (Lipinski definition) is 2. The molecule has 0 heterocycles. The number of rotatable bonds is 4. The molecule has 0 aromatic rings. The maximum Gasteiger partial charge on any atom is 0.0663 e. The van der Waals surface area contributed by atoms with Crippen molar-refractivity contribution in [2.45, 2.75) is 53.6 Å². The minimum atomic E-state index is -0.454. The molecule has 2 atom stereocenters. The molecule has 0 aliphatic carbocycles. The molecule has 2 heteroatoms. The van der Waals surface area contributed by atoms with E-state index in [-0.39, 0.29) is 17.4 Å². The van der Waals surface area contributed by atoms with Crippen molar-refractivity contribution in [3.05, 3.63) is 0 Å². The molecule has 2 N–H and O–H groups in total. The summed E-state index contributed by atoms with van der Waals surface area (Å²) in [5, 5.41) is 19.4. The minimum Gasteiger partial charge on any atom is -0.396 e. The summed E-state index contributed by atoms with van der Waals surface area (Å²) in [7, 11) is 0. The van der Waals surface area contributed by atoms with Gasteiger partial charge in [0, 0.05) is 5.41 Å². The van der Waals surface area contributed by atoms with Crippen molar-refractivity contribution in [3.63, 3.8) is 0 Å². The molecule has 0 aromatic carbocycles. The first kappa shape index (κ1) is 12.9. The van der Waals surface area contributed by atoms with Gasteiger partial charge in [-0.3, -0.25) is 0 Å². The molecule has 0 amide bonds. The van der Waals surface area contributed by atoms with E-state index in [1.54, 1.807) is 0 Å². The summed E-state index contributed by atoms with van der Waals surface area (Å²) in [6.07, 6.45) is 1.40. The van der Waals surface area contributed by atoms with E-state index < -0.39 is 6.10 Å². The lowest BCUT2D eigenvalue weighted by molar-refractivity contribution is -0.0717. The van der Waals surface area contributed by atoms with Crippen molar-refractivity contribution in [2.75, 3.05) is 6.61 Å². The molecule has 0 fully saturated rings. The highest BCUT2D eigenvalue weighted by Gasteiger charge is 2.38. The van der Waals surface area contributed by atoms with Crippen LogP contribution in [0.5, 0.6) is 0 Å². The third-order valence-corrected chi connectivity index (χ3v) is 2.66. The second-order valence-corrected chi connectivity index (χ2v) is 5.33. The van der Waals surface area contributed by atoms with E-state index >= 15 is 0 Å². The largest absolute Gasteiger partial charge is 0.396 e. The third kappa shape index (κ3) is 3.28. The first-order valence-electron chi connectivity index (χ1n) is 5.07. The van der Waals surface area contributed by atoms with Gasteiger partial charge in [0.15, 0.2) is 0 Å². The minimum absolute atomic E-state index is 0.0548. The Morgan fingerprint density at radius 3 is 1.85 bits per heavy atom. The summed E-state index contributed by atoms with van der Waals surface area (Å²) >= 11 is 0. The molecule has 0 saturated heterocycles. The van der Waals surface area contributed by atoms with E-state index in [1.165, 1.54) is 0 Å². The van der Waals surface area contributed by atoms with Gasteiger partial charge in [-0.2, -0.15) is 0 Å². The van der Waals surface area contributed by atoms with E-state index in [2.05, 4.69) is 6.92 Å². The van der Waals surface area contributed by atoms with Crippen LogP contribution in [0, 0.1) is 10.8 Å². The molecule has 2 unspecified atom stereocenters. The zero-order valence-electron chi connectivity index (χ0n) is 9.59. The van der Waals surface area contributed by atoms with Crippen LogP contribution in [-0.4, -0.2) is 22.9 Å². The van der Waals surface area contributed by atoms with Gasteiger partial charge in [0.1, 0.15) is 0 Å². The van der Waals surface area contributed by atoms with Gasteiger partial charge in [0.25, 0.3) is 0 Å². The SMILES string of the molecule is CCCC(C)(CO)C(O)C(C)(C)C. The zero-order chi connectivity index (χ0) is 10.7. The molecule has 0 bridgehead atoms. The Bertz CT molecular complexity index is 149. The molecule has 0 radical (unpaired) electrons. The maximum absolute atomic E-state index is 10.1. The van der Waals surface area contributed by atoms with Crippen molar-refractivity contribution in [1.29, 1.82) is 0 Å². The fraction of sp³-hybridized carbons (Fsp3) is 1.00. The van der Waals surface area contributed by atoms with Crippen LogP contribution >= 0.6 is 0 Å². The monoisotopic (exact) mass is 188 g/mol. The summed E-state index contributed by atoms with van der Waals surface area (Å²) < 4.78 is 0. The van der Waals surface area contributed by atoms with E-state index in [0.717, 1.165) is 12.8 Å². The first-order valence-corrected chi connectivity index (χ1v) is 5.07. The van der Waals surface area contributed by atoms with E-state index in [0.29, 0.717) is 0 Å². The average Bonchev–Trinajstić information content (AvgIpc) is 2.02. The van der Waals surface area contributed by atoms with Crippen LogP contribution in [0.2, 0.25) is 0 Å². The summed E-state index contributed by atoms with van der Waals surface area (Å²) in [6, 6.07) is 0. The molecular weight excluding hydrogens is 164 g/mol. The van der Waals surface area contributed by atoms with Crippen molar-refractivity contribution in [2.24, 2.45) is 10.8 Å². The van der Waals surface area contributed by atoms with Gasteiger partial charge in [-0.1, -0.05) is 41.0 Å². The molecule has 0 saturated carbocycles. The van der Waals surface area contributed by atoms with Gasteiger partial charge < -0.3 is 10.2 Å². The molecular formula is C11H24O2. The van der Waals surface area contributed by atoms with E-state index in [4.69, 9.17) is 0 Å². The van der Waals surface area contributed by atoms with Crippen molar-refractivity contribution in [3.8, 4) is 0 Å². The Balaban J connectivity index is 4.56. The molecule has 13 heavy (non-hydrogen) atoms. The molecule has 0 aromatic heterocycles. The Labute approximate surface area is 82.0 Å². The van der Waals surface area contributed by atoms with Crippen molar-refractivity contribution < 1.29 is 10.2 Å². The van der Waals surface area contributed by atoms with Gasteiger partial charge in [-0.15, -0.1) is 0 Å². The highest BCUT2D eigenvalue weighted by molar-refractivity contribution is 4.88. The van der Waals surface area contributed by atoms with Crippen LogP contribution in [0.1, 0.15) is 47.5 Å². The van der Waals surface area contributed by atoms with Crippen molar-refractivity contribution >= 4 is 0 Å². The summed E-state index contributed by atoms with van der Waals surface area (Å²) in [4.78, 5) is 0. The molecule has 0 aliphatic heterocycles. The van der Waals surface area contributed by atoms with Gasteiger partial charge in [0.05, 0.1) is 12.7 Å². The van der Waals surface area contributed by atoms with Crippen molar-refractivity contribution in [1.82, 2.24) is 0 Å². The lowest BCUT2D eigenvalue weighted by atomic mass is 9.70. The normalized spacial score (nSPS) is 19.6. The average molecular weight is 188 g/mol. The van der Waals surface area contributed by atoms with Gasteiger partial charge in [0.2, 0.25) is 0 Å². The summed E-state index contributed by atoms with van der Waals surface area (Å²) in [5.41, 5.74) is -0.514. The summed E-state index contributed by atoms with van der Waals surface area (Å²) in [6.45, 7) is 10.1. The standard InChI is InChI=1S/C11H24O2/c1-6-7-11(5,8-12)9(13)10(2,3)4/h9,12-13H,6-8H2,1-5H3. The van der Waals surface area contributed by atoms with E-state index in [1.807, 2.05) is 27.7 Å². The van der Waals surface area contributed by atoms with Crippen LogP contribution in [0.3, 0.4) is 0 Å². The lowest BCUT2D eigenvalue weighted by Crippen LogP contribution is -2.44. The number of aliphatic hydroxyl groups excluding tert-OH is 2. The maximum atomic E-state index is 10.1. The molecule has 0 aliphatic rings. The lowest BCUT2D eigenvalue weighted by Gasteiger charge is -2.40. The van der Waals surface area contributed by atoms with Crippen LogP contribution in [0.4, 0.5) is 0 Å². The Hall–Kier alpha value is -0.0800. The van der Waals surface area contributed by atoms with Gasteiger partial charge in [-0.05, 0) is 11.8 Å². The van der Waals surface area contributed by atoms with E-state index in [9.17, 15) is 10.2 Å². The second-order valence-electron chi connectivity index (χ2n) is 5.33. The first-order chi connectivity index (χ1) is 5.78. The second kappa shape index (κ2) is 4.43. The third-order valence-electron chi connectivity index (χ3n) is 2.66. The molecule has 80 valence electrons. The van der Waals surface area contributed by atoms with Crippen LogP contribution in [0.25, 0.3) is 0 Å². The summed E-state index contributed by atoms with van der Waals surface area (Å²) in [5.74, 6) is 0. The quantitative estimate of drug-likeness (QED) is 0.710. The topological polar surface area (TPSA) is 40.5 Å². The van der Waals surface area contributed by atoms with Crippen LogP contribution in [-0.2, 0) is 0 Å². The smallest absolute Gasteiger partial charge is 0.0663 e. The molecule has 0 rings (SSSR count). The van der Waals surface area contributed by atoms with Crippen LogP contribution in [0.15, 0.2) is 0 Å². The highest BCUT2D eigenvalue weighted by Crippen LogP contribution is 2.37. The molecule has 2 nitrogen and oxygen atoms in total. The zero-order valence-corrected chi connectivity index (χ0v) is 9.59. The Morgan fingerprint density at radius 1 is 1.15 bits per heavy atom. The van der Waals surface area contributed by atoms with Crippen LogP contribution < -0.4 is 0 Å². The van der Waals surface area contributed by atoms with Gasteiger partial charge >= 0.3 is 0 Å². The Kier molecular flexibility index (Phi) is 4.40. The van der Waals surface area contributed by atoms with Gasteiger partial charge in [-0.25, -0.2) is 0 Å². The highest BCUT2D eigenvalue weighted by atomic mass is 16.3. The fourth-order valence-electron chi connectivity index (χ4n) is 1.92. The predicted octanol–water partition coefficient (Wildman–Crippen LogP) is 2.19. The predicted molar refractivity (Wildman–Crippen MR) is 55.6 cm³/mol. The number of aliphatic hydroxyl groups is 2. The Morgan fingerprint density at radius 2 is 1.62 bits per heavy atom. The molecule has 0 spiro atoms.